The summed E-state index contributed by atoms with van der Waals surface area (Å²) in [6, 6.07) is 20.2. The number of nitrogens with zero attached hydrogens (tertiary/aromatic N) is 1. The van der Waals surface area contributed by atoms with Crippen molar-refractivity contribution in [3.63, 3.8) is 0 Å². The van der Waals surface area contributed by atoms with Crippen molar-refractivity contribution < 1.29 is 13.2 Å². The van der Waals surface area contributed by atoms with E-state index in [0.29, 0.717) is 16.3 Å². The van der Waals surface area contributed by atoms with Crippen molar-refractivity contribution in [2.45, 2.75) is 17.9 Å². The number of halogens is 1. The lowest BCUT2D eigenvalue weighted by molar-refractivity contribution is 0.0863. The van der Waals surface area contributed by atoms with Crippen LogP contribution < -0.4 is 5.32 Å². The Bertz CT molecular complexity index is 1160. The summed E-state index contributed by atoms with van der Waals surface area (Å²) in [5, 5.41) is 3.90. The first-order valence-corrected chi connectivity index (χ1v) is 10.9. The third-order valence-electron chi connectivity index (χ3n) is 4.94. The van der Waals surface area contributed by atoms with Crippen LogP contribution in [0.5, 0.6) is 0 Å². The first-order valence-electron chi connectivity index (χ1n) is 9.11. The van der Waals surface area contributed by atoms with Gasteiger partial charge in [-0.15, -0.1) is 0 Å². The fraction of sp³-hybridized carbons (Fsp3) is 0.136. The number of aryl methyl sites for hydroxylation is 1. The molecule has 3 aromatic carbocycles. The van der Waals surface area contributed by atoms with E-state index in [4.69, 9.17) is 11.6 Å². The molecule has 0 aliphatic carbocycles. The molecular weight excluding hydrogens is 408 g/mol. The molecule has 5 nitrogen and oxygen atoms in total. The molecule has 0 spiro atoms. The van der Waals surface area contributed by atoms with Crippen molar-refractivity contribution >= 4 is 33.2 Å². The zero-order valence-electron chi connectivity index (χ0n) is 15.7. The first-order chi connectivity index (χ1) is 13.9. The molecule has 7 heteroatoms. The number of sulfonamides is 1. The Hall–Kier alpha value is -2.83. The van der Waals surface area contributed by atoms with Crippen LogP contribution in [-0.2, 0) is 10.0 Å². The molecule has 148 valence electrons. The van der Waals surface area contributed by atoms with Gasteiger partial charge in [0.1, 0.15) is 0 Å². The fourth-order valence-corrected chi connectivity index (χ4v) is 4.86. The lowest BCUT2D eigenvalue weighted by Crippen LogP contribution is -2.39. The molecule has 0 saturated heterocycles. The van der Waals surface area contributed by atoms with Gasteiger partial charge in [-0.1, -0.05) is 53.6 Å². The number of fused-ring (bicyclic) bond motifs is 1. The van der Waals surface area contributed by atoms with Crippen LogP contribution in [0.1, 0.15) is 27.5 Å². The number of benzene rings is 3. The van der Waals surface area contributed by atoms with Gasteiger partial charge in [-0.3, -0.25) is 4.79 Å². The number of hydrogen-bond donors (Lipinski definition) is 1. The average molecular weight is 427 g/mol. The Kier molecular flexibility index (Phi) is 5.06. The second kappa shape index (κ2) is 7.54. The quantitative estimate of drug-likeness (QED) is 0.662. The van der Waals surface area contributed by atoms with Crippen LogP contribution in [0.15, 0.2) is 77.7 Å². The highest BCUT2D eigenvalue weighted by Gasteiger charge is 2.36. The Morgan fingerprint density at radius 1 is 0.966 bits per heavy atom. The molecule has 29 heavy (non-hydrogen) atoms. The molecule has 1 atom stereocenters. The number of carbonyl (C=O) groups excluding carboxylic acids is 1. The lowest BCUT2D eigenvalue weighted by Gasteiger charge is -2.25. The number of nitrogens with one attached hydrogen (secondary N) is 1. The highest BCUT2D eigenvalue weighted by atomic mass is 35.5. The molecule has 1 heterocycles. The summed E-state index contributed by atoms with van der Waals surface area (Å²) in [7, 11) is -4.03. The smallest absolute Gasteiger partial charge is 0.269 e. The van der Waals surface area contributed by atoms with Gasteiger partial charge in [0.05, 0.1) is 23.0 Å². The van der Waals surface area contributed by atoms with Gasteiger partial charge in [0.15, 0.2) is 0 Å². The molecule has 0 fully saturated rings. The van der Waals surface area contributed by atoms with E-state index < -0.39 is 22.0 Å². The number of rotatable bonds is 3. The normalized spacial score (nSPS) is 16.7. The number of para-hydroxylation sites is 1. The van der Waals surface area contributed by atoms with E-state index in [1.165, 1.54) is 12.1 Å². The number of carbonyl (C=O) groups is 1. The maximum absolute atomic E-state index is 13.4. The lowest BCUT2D eigenvalue weighted by atomic mass is 10.1. The van der Waals surface area contributed by atoms with Crippen LogP contribution >= 0.6 is 11.6 Å². The van der Waals surface area contributed by atoms with E-state index in [0.717, 1.165) is 15.4 Å². The van der Waals surface area contributed by atoms with E-state index in [1.807, 2.05) is 25.1 Å². The fourth-order valence-electron chi connectivity index (χ4n) is 3.34. The van der Waals surface area contributed by atoms with E-state index >= 15 is 0 Å². The molecule has 1 N–H and O–H groups in total. The Morgan fingerprint density at radius 3 is 2.31 bits per heavy atom. The van der Waals surface area contributed by atoms with Gasteiger partial charge in [-0.05, 0) is 48.9 Å². The zero-order valence-corrected chi connectivity index (χ0v) is 17.2. The molecule has 0 saturated carbocycles. The van der Waals surface area contributed by atoms with Gasteiger partial charge in [0.25, 0.3) is 15.9 Å². The van der Waals surface area contributed by atoms with Crippen LogP contribution in [0.25, 0.3) is 0 Å². The van der Waals surface area contributed by atoms with E-state index in [1.54, 1.807) is 42.5 Å². The molecule has 0 aromatic heterocycles. The van der Waals surface area contributed by atoms with Crippen molar-refractivity contribution in [2.75, 3.05) is 11.9 Å². The van der Waals surface area contributed by atoms with Crippen molar-refractivity contribution in [1.82, 2.24) is 4.31 Å². The van der Waals surface area contributed by atoms with Crippen LogP contribution in [0.4, 0.5) is 5.69 Å². The first kappa shape index (κ1) is 19.5. The number of hydrogen-bond acceptors (Lipinski definition) is 4. The Morgan fingerprint density at radius 2 is 1.62 bits per heavy atom. The molecule has 0 radical (unpaired) electrons. The number of anilines is 1. The van der Waals surface area contributed by atoms with Crippen molar-refractivity contribution in [3.05, 3.63) is 94.5 Å². The summed E-state index contributed by atoms with van der Waals surface area (Å²) in [5.74, 6) is -0.551. The highest BCUT2D eigenvalue weighted by molar-refractivity contribution is 7.89. The van der Waals surface area contributed by atoms with Crippen LogP contribution in [0.3, 0.4) is 0 Å². The summed E-state index contributed by atoms with van der Waals surface area (Å²) in [4.78, 5) is 13.3. The van der Waals surface area contributed by atoms with Gasteiger partial charge >= 0.3 is 0 Å². The SMILES string of the molecule is Cc1ccc(S(=O)(=O)N2CC(c3ccc(Cl)cc3)Nc3ccccc3C2=O)cc1. The van der Waals surface area contributed by atoms with Crippen LogP contribution in [-0.4, -0.2) is 25.2 Å². The summed E-state index contributed by atoms with van der Waals surface area (Å²) >= 11 is 6.00. The maximum atomic E-state index is 13.4. The minimum absolute atomic E-state index is 0.0364. The molecule has 4 rings (SSSR count). The Balaban J connectivity index is 1.82. The van der Waals surface area contributed by atoms with Gasteiger partial charge in [0, 0.05) is 10.7 Å². The predicted octanol–water partition coefficient (Wildman–Crippen LogP) is 4.65. The van der Waals surface area contributed by atoms with Gasteiger partial charge in [0.2, 0.25) is 0 Å². The largest absolute Gasteiger partial charge is 0.376 e. The summed E-state index contributed by atoms with van der Waals surface area (Å²) in [5.41, 5.74) is 2.69. The van der Waals surface area contributed by atoms with Gasteiger partial charge in [-0.2, -0.15) is 0 Å². The highest BCUT2D eigenvalue weighted by Crippen LogP contribution is 2.32. The van der Waals surface area contributed by atoms with Gasteiger partial charge in [-0.25, -0.2) is 12.7 Å². The monoisotopic (exact) mass is 426 g/mol. The topological polar surface area (TPSA) is 66.5 Å². The Labute approximate surface area is 175 Å². The molecule has 1 amide bonds. The summed E-state index contributed by atoms with van der Waals surface area (Å²) in [6.07, 6.45) is 0. The summed E-state index contributed by atoms with van der Waals surface area (Å²) < 4.78 is 27.7. The van der Waals surface area contributed by atoms with E-state index in [9.17, 15) is 13.2 Å². The van der Waals surface area contributed by atoms with Crippen LogP contribution in [0, 0.1) is 6.92 Å². The molecule has 1 aliphatic heterocycles. The van der Waals surface area contributed by atoms with E-state index in [2.05, 4.69) is 5.32 Å². The van der Waals surface area contributed by atoms with Crippen molar-refractivity contribution in [3.8, 4) is 0 Å². The van der Waals surface area contributed by atoms with E-state index in [-0.39, 0.29) is 11.4 Å². The van der Waals surface area contributed by atoms with Crippen molar-refractivity contribution in [2.24, 2.45) is 0 Å². The molecule has 0 bridgehead atoms. The zero-order chi connectivity index (χ0) is 20.6. The third kappa shape index (κ3) is 3.73. The number of amides is 1. The predicted molar refractivity (Wildman–Crippen MR) is 114 cm³/mol. The second-order valence-electron chi connectivity index (χ2n) is 6.95. The molecular formula is C22H19ClN2O3S. The molecule has 3 aromatic rings. The summed E-state index contributed by atoms with van der Waals surface area (Å²) in [6.45, 7) is 1.84. The molecule has 1 aliphatic rings. The standard InChI is InChI=1S/C22H19ClN2O3S/c1-15-6-12-18(13-7-15)29(27,28)25-14-21(16-8-10-17(23)11-9-16)24-20-5-3-2-4-19(20)22(25)26/h2-13,21,24H,14H2,1H3. The van der Waals surface area contributed by atoms with Crippen molar-refractivity contribution in [1.29, 1.82) is 0 Å². The van der Waals surface area contributed by atoms with Crippen LogP contribution in [0.2, 0.25) is 5.02 Å². The maximum Gasteiger partial charge on any atom is 0.269 e. The molecule has 1 unspecified atom stereocenters. The third-order valence-corrected chi connectivity index (χ3v) is 6.96. The second-order valence-corrected chi connectivity index (χ2v) is 9.25. The minimum atomic E-state index is -4.03. The van der Waals surface area contributed by atoms with Gasteiger partial charge < -0.3 is 5.32 Å². The minimum Gasteiger partial charge on any atom is -0.376 e. The average Bonchev–Trinajstić information content (AvgIpc) is 2.86.